The third-order valence-electron chi connectivity index (χ3n) is 1.39. The van der Waals surface area contributed by atoms with E-state index in [9.17, 15) is 0 Å². The molecule has 2 nitrogen and oxygen atoms in total. The summed E-state index contributed by atoms with van der Waals surface area (Å²) in [6.07, 6.45) is 1.66. The minimum atomic E-state index is 0.721. The maximum atomic E-state index is 5.78. The predicted octanol–water partition coefficient (Wildman–Crippen LogP) is 3.11. The number of nitrogens with zero attached hydrogens (tertiary/aromatic N) is 1. The first-order valence-electron chi connectivity index (χ1n) is 3.22. The van der Waals surface area contributed by atoms with Gasteiger partial charge in [0.25, 0.3) is 0 Å². The van der Waals surface area contributed by atoms with Crippen LogP contribution in [0, 0.1) is 0 Å². The van der Waals surface area contributed by atoms with Crippen LogP contribution in [-0.4, -0.2) is 4.37 Å². The van der Waals surface area contributed by atoms with Gasteiger partial charge < -0.3 is 5.73 Å². The summed E-state index contributed by atoms with van der Waals surface area (Å²) >= 11 is 8.76. The van der Waals surface area contributed by atoms with E-state index >= 15 is 0 Å². The number of aromatic nitrogens is 1. The Balaban J connectivity index is 2.50. The van der Waals surface area contributed by atoms with E-state index in [2.05, 4.69) is 4.37 Å². The highest BCUT2D eigenvalue weighted by Crippen LogP contribution is 2.35. The molecular formula is C7H5ClN2S2. The average Bonchev–Trinajstić information content (AvgIpc) is 2.58. The lowest BCUT2D eigenvalue weighted by molar-refractivity contribution is 1.58. The number of nitrogens with two attached hydrogens (primary N) is 1. The molecule has 12 heavy (non-hydrogen) atoms. The Bertz CT molecular complexity index is 394. The number of anilines is 1. The highest BCUT2D eigenvalue weighted by Gasteiger charge is 2.07. The van der Waals surface area contributed by atoms with Crippen LogP contribution in [-0.2, 0) is 0 Å². The van der Waals surface area contributed by atoms with Crippen molar-refractivity contribution in [1.29, 1.82) is 0 Å². The van der Waals surface area contributed by atoms with E-state index < -0.39 is 0 Å². The smallest absolute Gasteiger partial charge is 0.0879 e. The van der Waals surface area contributed by atoms with E-state index in [4.69, 9.17) is 17.3 Å². The number of rotatable bonds is 1. The maximum absolute atomic E-state index is 5.78. The van der Waals surface area contributed by atoms with Gasteiger partial charge in [-0.1, -0.05) is 11.6 Å². The zero-order valence-corrected chi connectivity index (χ0v) is 8.34. The van der Waals surface area contributed by atoms with E-state index in [1.54, 1.807) is 17.5 Å². The lowest BCUT2D eigenvalue weighted by Crippen LogP contribution is -1.80. The van der Waals surface area contributed by atoms with Crippen LogP contribution in [0.3, 0.4) is 0 Å². The molecule has 0 spiro atoms. The van der Waals surface area contributed by atoms with Gasteiger partial charge in [0.05, 0.1) is 21.8 Å². The van der Waals surface area contributed by atoms with E-state index in [0.717, 1.165) is 20.5 Å². The molecule has 2 rings (SSSR count). The molecule has 0 bridgehead atoms. The first-order valence-corrected chi connectivity index (χ1v) is 5.25. The first kappa shape index (κ1) is 8.04. The summed E-state index contributed by atoms with van der Waals surface area (Å²) in [5.74, 6) is 0. The minimum Gasteiger partial charge on any atom is -0.396 e. The zero-order chi connectivity index (χ0) is 8.55. The molecule has 0 unspecified atom stereocenters. The SMILES string of the molecule is Nc1cnsc1-c1cc(Cl)cs1. The van der Waals surface area contributed by atoms with Crippen LogP contribution >= 0.6 is 34.5 Å². The normalized spacial score (nSPS) is 10.4. The van der Waals surface area contributed by atoms with Gasteiger partial charge in [-0.25, -0.2) is 0 Å². The van der Waals surface area contributed by atoms with Crippen LogP contribution in [0.15, 0.2) is 17.6 Å². The van der Waals surface area contributed by atoms with E-state index in [-0.39, 0.29) is 0 Å². The first-order chi connectivity index (χ1) is 5.77. The molecule has 0 fully saturated rings. The summed E-state index contributed by atoms with van der Waals surface area (Å²) in [4.78, 5) is 2.09. The predicted molar refractivity (Wildman–Crippen MR) is 54.8 cm³/mol. The molecule has 62 valence electrons. The maximum Gasteiger partial charge on any atom is 0.0879 e. The third-order valence-corrected chi connectivity index (χ3v) is 3.66. The third kappa shape index (κ3) is 1.33. The fourth-order valence-corrected chi connectivity index (χ4v) is 2.74. The monoisotopic (exact) mass is 216 g/mol. The molecule has 2 heterocycles. The molecule has 0 aliphatic carbocycles. The van der Waals surface area contributed by atoms with Crippen molar-refractivity contribution in [2.45, 2.75) is 0 Å². The highest BCUT2D eigenvalue weighted by molar-refractivity contribution is 7.19. The van der Waals surface area contributed by atoms with Gasteiger partial charge in [-0.15, -0.1) is 11.3 Å². The molecule has 0 saturated carbocycles. The van der Waals surface area contributed by atoms with Crippen molar-refractivity contribution in [3.63, 3.8) is 0 Å². The van der Waals surface area contributed by atoms with Crippen LogP contribution in [0.2, 0.25) is 5.02 Å². The summed E-state index contributed by atoms with van der Waals surface area (Å²) in [5, 5.41) is 2.64. The van der Waals surface area contributed by atoms with Gasteiger partial charge in [0.1, 0.15) is 0 Å². The van der Waals surface area contributed by atoms with Crippen LogP contribution in [0.5, 0.6) is 0 Å². The minimum absolute atomic E-state index is 0.721. The second-order valence-corrected chi connectivity index (χ2v) is 4.39. The van der Waals surface area contributed by atoms with Gasteiger partial charge in [-0.05, 0) is 17.6 Å². The van der Waals surface area contributed by atoms with Crippen LogP contribution in [0.1, 0.15) is 0 Å². The van der Waals surface area contributed by atoms with Crippen molar-refractivity contribution in [2.24, 2.45) is 0 Å². The van der Waals surface area contributed by atoms with Crippen LogP contribution in [0.25, 0.3) is 9.75 Å². The Morgan fingerprint density at radius 1 is 1.50 bits per heavy atom. The summed E-state index contributed by atoms with van der Waals surface area (Å²) < 4.78 is 3.99. The van der Waals surface area contributed by atoms with Crippen molar-refractivity contribution in [3.8, 4) is 9.75 Å². The second-order valence-electron chi connectivity index (χ2n) is 2.24. The summed E-state index contributed by atoms with van der Waals surface area (Å²) in [5.41, 5.74) is 6.41. The Kier molecular flexibility index (Phi) is 2.04. The van der Waals surface area contributed by atoms with Crippen molar-refractivity contribution in [1.82, 2.24) is 4.37 Å². The molecule has 0 aliphatic heterocycles. The van der Waals surface area contributed by atoms with E-state index in [1.807, 2.05) is 11.4 Å². The standard InChI is InChI=1S/C7H5ClN2S2/c8-4-1-6(11-3-4)7-5(9)2-10-12-7/h1-3H,9H2. The molecule has 0 aromatic carbocycles. The number of hydrogen-bond donors (Lipinski definition) is 1. The molecule has 2 N–H and O–H groups in total. The Labute approximate surface area is 82.8 Å². The molecular weight excluding hydrogens is 212 g/mol. The van der Waals surface area contributed by atoms with Crippen molar-refractivity contribution in [3.05, 3.63) is 22.7 Å². The van der Waals surface area contributed by atoms with Gasteiger partial charge >= 0.3 is 0 Å². The van der Waals surface area contributed by atoms with Gasteiger partial charge in [-0.2, -0.15) is 4.37 Å². The number of hydrogen-bond acceptors (Lipinski definition) is 4. The van der Waals surface area contributed by atoms with Crippen molar-refractivity contribution >= 4 is 40.2 Å². The molecule has 2 aromatic heterocycles. The summed E-state index contributed by atoms with van der Waals surface area (Å²) in [6, 6.07) is 1.90. The summed E-state index contributed by atoms with van der Waals surface area (Å²) in [7, 11) is 0. The zero-order valence-electron chi connectivity index (χ0n) is 5.95. The fourth-order valence-electron chi connectivity index (χ4n) is 0.867. The molecule has 5 heteroatoms. The van der Waals surface area contributed by atoms with Crippen LogP contribution in [0.4, 0.5) is 5.69 Å². The summed E-state index contributed by atoms with van der Waals surface area (Å²) in [6.45, 7) is 0. The number of halogens is 1. The lowest BCUT2D eigenvalue weighted by atomic mass is 10.3. The van der Waals surface area contributed by atoms with Crippen molar-refractivity contribution < 1.29 is 0 Å². The van der Waals surface area contributed by atoms with Gasteiger partial charge in [0, 0.05) is 10.3 Å². The van der Waals surface area contributed by atoms with Gasteiger partial charge in [0.15, 0.2) is 0 Å². The Morgan fingerprint density at radius 2 is 2.33 bits per heavy atom. The van der Waals surface area contributed by atoms with Gasteiger partial charge in [-0.3, -0.25) is 0 Å². The molecule has 0 saturated heterocycles. The number of nitrogen functional groups attached to an aromatic ring is 1. The molecule has 0 aliphatic rings. The molecule has 0 amide bonds. The molecule has 0 radical (unpaired) electrons. The van der Waals surface area contributed by atoms with E-state index in [1.165, 1.54) is 11.5 Å². The quantitative estimate of drug-likeness (QED) is 0.796. The number of thiophene rings is 1. The Hall–Kier alpha value is -0.580. The fraction of sp³-hybridized carbons (Fsp3) is 0. The second kappa shape index (κ2) is 3.05. The Morgan fingerprint density at radius 3 is 2.83 bits per heavy atom. The van der Waals surface area contributed by atoms with Gasteiger partial charge in [0.2, 0.25) is 0 Å². The molecule has 0 atom stereocenters. The largest absolute Gasteiger partial charge is 0.396 e. The van der Waals surface area contributed by atoms with E-state index in [0.29, 0.717) is 0 Å². The lowest BCUT2D eigenvalue weighted by Gasteiger charge is -1.90. The molecule has 2 aromatic rings. The topological polar surface area (TPSA) is 38.9 Å². The highest BCUT2D eigenvalue weighted by atomic mass is 35.5. The van der Waals surface area contributed by atoms with Crippen molar-refractivity contribution in [2.75, 3.05) is 5.73 Å². The average molecular weight is 217 g/mol. The van der Waals surface area contributed by atoms with Crippen LogP contribution < -0.4 is 5.73 Å².